The lowest BCUT2D eigenvalue weighted by Gasteiger charge is -2.23. The maximum atomic E-state index is 3.66. The van der Waals surface area contributed by atoms with Crippen LogP contribution in [-0.4, -0.2) is 18.1 Å². The summed E-state index contributed by atoms with van der Waals surface area (Å²) in [5.74, 6) is 3.63. The monoisotopic (exact) mass is 241 g/mol. The van der Waals surface area contributed by atoms with Gasteiger partial charge in [-0.3, -0.25) is 0 Å². The van der Waals surface area contributed by atoms with E-state index in [9.17, 15) is 0 Å². The Labute approximate surface area is 101 Å². The van der Waals surface area contributed by atoms with Gasteiger partial charge in [0.05, 0.1) is 0 Å². The van der Waals surface area contributed by atoms with Gasteiger partial charge in [-0.15, -0.1) is 11.3 Å². The molecule has 0 amide bonds. The van der Waals surface area contributed by atoms with Gasteiger partial charge in [-0.05, 0) is 55.2 Å². The highest BCUT2D eigenvalue weighted by atomic mass is 32.2. The van der Waals surface area contributed by atoms with Crippen LogP contribution in [0.2, 0.25) is 0 Å². The maximum Gasteiger partial charge on any atom is 0.0386 e. The van der Waals surface area contributed by atoms with Crippen LogP contribution in [0.5, 0.6) is 0 Å². The molecule has 1 atom stereocenters. The van der Waals surface area contributed by atoms with Crippen molar-refractivity contribution in [2.45, 2.75) is 25.8 Å². The van der Waals surface area contributed by atoms with Crippen molar-refractivity contribution in [2.75, 3.05) is 18.1 Å². The molecule has 0 saturated carbocycles. The van der Waals surface area contributed by atoms with Gasteiger partial charge in [-0.25, -0.2) is 0 Å². The fourth-order valence-electron chi connectivity index (χ4n) is 1.93. The zero-order chi connectivity index (χ0) is 10.5. The lowest BCUT2D eigenvalue weighted by Crippen LogP contribution is -2.27. The number of thiophene rings is 1. The van der Waals surface area contributed by atoms with Crippen LogP contribution in [0.4, 0.5) is 0 Å². The Bertz CT molecular complexity index is 265. The van der Waals surface area contributed by atoms with E-state index in [0.29, 0.717) is 6.04 Å². The number of hydrogen-bond acceptors (Lipinski definition) is 3. The molecular weight excluding hydrogens is 222 g/mol. The first-order chi connectivity index (χ1) is 7.36. The number of rotatable bonds is 4. The average molecular weight is 241 g/mol. The average Bonchev–Trinajstić information content (AvgIpc) is 2.81. The smallest absolute Gasteiger partial charge is 0.0386 e. The van der Waals surface area contributed by atoms with Crippen molar-refractivity contribution >= 4 is 23.1 Å². The molecule has 0 bridgehead atoms. The minimum Gasteiger partial charge on any atom is -0.309 e. The molecule has 1 aromatic heterocycles. The lowest BCUT2D eigenvalue weighted by molar-refractivity contribution is 0.423. The summed E-state index contributed by atoms with van der Waals surface area (Å²) in [5.41, 5.74) is 0. The third kappa shape index (κ3) is 3.51. The minimum absolute atomic E-state index is 0.527. The van der Waals surface area contributed by atoms with Crippen molar-refractivity contribution in [3.63, 3.8) is 0 Å². The summed E-state index contributed by atoms with van der Waals surface area (Å²) in [7, 11) is 0. The fourth-order valence-corrected chi connectivity index (χ4v) is 3.90. The third-order valence-electron chi connectivity index (χ3n) is 3.02. The second kappa shape index (κ2) is 5.92. The Morgan fingerprint density at radius 2 is 2.27 bits per heavy atom. The van der Waals surface area contributed by atoms with Crippen LogP contribution in [0.15, 0.2) is 17.5 Å². The first-order valence-electron chi connectivity index (χ1n) is 5.71. The number of hydrogen-bond donors (Lipinski definition) is 1. The van der Waals surface area contributed by atoms with Gasteiger partial charge in [0, 0.05) is 10.9 Å². The molecule has 0 aromatic carbocycles. The van der Waals surface area contributed by atoms with E-state index in [2.05, 4.69) is 41.5 Å². The standard InChI is InChI=1S/C12H19NS2/c1-10(12-3-2-6-15-12)13-9-11-4-7-14-8-5-11/h2-3,6,10-11,13H,4-5,7-9H2,1H3. The second-order valence-corrected chi connectivity index (χ2v) is 6.41. The van der Waals surface area contributed by atoms with Gasteiger partial charge < -0.3 is 5.32 Å². The topological polar surface area (TPSA) is 12.0 Å². The molecule has 2 heterocycles. The molecule has 3 heteroatoms. The molecule has 1 unspecified atom stereocenters. The summed E-state index contributed by atoms with van der Waals surface area (Å²) in [6, 6.07) is 4.88. The van der Waals surface area contributed by atoms with Gasteiger partial charge in [-0.1, -0.05) is 6.07 Å². The molecule has 0 aliphatic carbocycles. The largest absolute Gasteiger partial charge is 0.309 e. The van der Waals surface area contributed by atoms with Crippen molar-refractivity contribution in [1.82, 2.24) is 5.32 Å². The summed E-state index contributed by atoms with van der Waals surface area (Å²) >= 11 is 3.96. The maximum absolute atomic E-state index is 3.66. The molecule has 0 radical (unpaired) electrons. The second-order valence-electron chi connectivity index (χ2n) is 4.20. The molecule has 1 aliphatic heterocycles. The van der Waals surface area contributed by atoms with Crippen LogP contribution >= 0.6 is 23.1 Å². The number of nitrogens with one attached hydrogen (secondary N) is 1. The highest BCUT2D eigenvalue weighted by Crippen LogP contribution is 2.23. The van der Waals surface area contributed by atoms with E-state index < -0.39 is 0 Å². The van der Waals surface area contributed by atoms with Crippen molar-refractivity contribution in [3.05, 3.63) is 22.4 Å². The van der Waals surface area contributed by atoms with Crippen molar-refractivity contribution < 1.29 is 0 Å². The Balaban J connectivity index is 1.73. The SMILES string of the molecule is CC(NCC1CCSCC1)c1cccs1. The van der Waals surface area contributed by atoms with E-state index in [1.165, 1.54) is 35.8 Å². The predicted octanol–water partition coefficient (Wildman–Crippen LogP) is 3.54. The lowest BCUT2D eigenvalue weighted by atomic mass is 10.0. The molecule has 1 fully saturated rings. The van der Waals surface area contributed by atoms with Gasteiger partial charge in [0.25, 0.3) is 0 Å². The molecule has 0 spiro atoms. The summed E-state index contributed by atoms with van der Waals surface area (Å²) in [4.78, 5) is 1.46. The van der Waals surface area contributed by atoms with Gasteiger partial charge in [0.1, 0.15) is 0 Å². The van der Waals surface area contributed by atoms with Crippen LogP contribution in [0.25, 0.3) is 0 Å². The highest BCUT2D eigenvalue weighted by molar-refractivity contribution is 7.99. The first-order valence-corrected chi connectivity index (χ1v) is 7.74. The van der Waals surface area contributed by atoms with Gasteiger partial charge in [0.15, 0.2) is 0 Å². The van der Waals surface area contributed by atoms with Gasteiger partial charge in [-0.2, -0.15) is 11.8 Å². The van der Waals surface area contributed by atoms with Crippen molar-refractivity contribution in [2.24, 2.45) is 5.92 Å². The Hall–Kier alpha value is 0.01000. The first kappa shape index (κ1) is 11.5. The van der Waals surface area contributed by atoms with Crippen molar-refractivity contribution in [1.29, 1.82) is 0 Å². The zero-order valence-corrected chi connectivity index (χ0v) is 10.9. The fraction of sp³-hybridized carbons (Fsp3) is 0.667. The quantitative estimate of drug-likeness (QED) is 0.865. The van der Waals surface area contributed by atoms with E-state index in [1.807, 2.05) is 11.3 Å². The van der Waals surface area contributed by atoms with E-state index in [1.54, 1.807) is 0 Å². The molecule has 1 nitrogen and oxygen atoms in total. The minimum atomic E-state index is 0.527. The summed E-state index contributed by atoms with van der Waals surface area (Å²) in [6.45, 7) is 3.46. The van der Waals surface area contributed by atoms with E-state index in [4.69, 9.17) is 0 Å². The van der Waals surface area contributed by atoms with Crippen LogP contribution in [0.1, 0.15) is 30.7 Å². The van der Waals surface area contributed by atoms with E-state index in [-0.39, 0.29) is 0 Å². The van der Waals surface area contributed by atoms with Crippen molar-refractivity contribution in [3.8, 4) is 0 Å². The van der Waals surface area contributed by atoms with Crippen LogP contribution in [0.3, 0.4) is 0 Å². The molecule has 84 valence electrons. The predicted molar refractivity (Wildman–Crippen MR) is 70.8 cm³/mol. The molecule has 15 heavy (non-hydrogen) atoms. The van der Waals surface area contributed by atoms with E-state index in [0.717, 1.165) is 5.92 Å². The number of thioether (sulfide) groups is 1. The Morgan fingerprint density at radius 3 is 2.93 bits per heavy atom. The molecule has 1 saturated heterocycles. The Morgan fingerprint density at radius 1 is 1.47 bits per heavy atom. The van der Waals surface area contributed by atoms with E-state index >= 15 is 0 Å². The zero-order valence-electron chi connectivity index (χ0n) is 9.24. The molecular formula is C12H19NS2. The summed E-state index contributed by atoms with van der Waals surface area (Å²) in [6.07, 6.45) is 2.80. The molecule has 1 aromatic rings. The van der Waals surface area contributed by atoms with Crippen LogP contribution in [0, 0.1) is 5.92 Å². The molecule has 1 N–H and O–H groups in total. The summed E-state index contributed by atoms with van der Waals surface area (Å²) < 4.78 is 0. The summed E-state index contributed by atoms with van der Waals surface area (Å²) in [5, 5.41) is 5.81. The van der Waals surface area contributed by atoms with Gasteiger partial charge >= 0.3 is 0 Å². The van der Waals surface area contributed by atoms with Crippen LogP contribution in [-0.2, 0) is 0 Å². The highest BCUT2D eigenvalue weighted by Gasteiger charge is 2.14. The third-order valence-corrected chi connectivity index (χ3v) is 5.13. The molecule has 1 aliphatic rings. The van der Waals surface area contributed by atoms with Crippen LogP contribution < -0.4 is 5.32 Å². The normalized spacial score (nSPS) is 20.3. The Kier molecular flexibility index (Phi) is 4.54. The molecule has 2 rings (SSSR count). The van der Waals surface area contributed by atoms with Gasteiger partial charge in [0.2, 0.25) is 0 Å².